The monoisotopic (exact) mass is 242 g/mol. The van der Waals surface area contributed by atoms with Gasteiger partial charge < -0.3 is 0 Å². The molecule has 0 aliphatic rings. The quantitative estimate of drug-likeness (QED) is 0.525. The topological polar surface area (TPSA) is 0 Å². The van der Waals surface area contributed by atoms with Crippen molar-refractivity contribution in [3.63, 3.8) is 0 Å². The number of rotatable bonds is 1. The number of hydrogen-bond donors (Lipinski definition) is 0. The van der Waals surface area contributed by atoms with E-state index in [1.165, 1.54) is 0 Å². The number of hydrogen-bond acceptors (Lipinski definition) is 0. The normalized spacial score (nSPS) is 8.89. The molecule has 19 heavy (non-hydrogen) atoms. The molecule has 0 fully saturated rings. The number of benzene rings is 2. The Hall–Kier alpha value is -2.70. The molecule has 0 spiro atoms. The standard InChI is InChI=1S/C19H14/c1-2-17(13-15-18-9-5-3-6-10-18)14-16-19-11-7-4-8-12-19/h2-12,17H,1H2. The lowest BCUT2D eigenvalue weighted by Crippen LogP contribution is -1.87. The van der Waals surface area contributed by atoms with Crippen LogP contribution in [0.3, 0.4) is 0 Å². The SMILES string of the molecule is C=CC(C#Cc1ccccc1)C#Cc1ccccc1. The Morgan fingerprint density at radius 3 is 1.53 bits per heavy atom. The third kappa shape index (κ3) is 4.23. The predicted octanol–water partition coefficient (Wildman–Crippen LogP) is 3.89. The van der Waals surface area contributed by atoms with Crippen LogP contribution in [-0.4, -0.2) is 0 Å². The molecule has 0 N–H and O–H groups in total. The maximum Gasteiger partial charge on any atom is 0.0996 e. The van der Waals surface area contributed by atoms with Crippen molar-refractivity contribution in [3.8, 4) is 23.7 Å². The summed E-state index contributed by atoms with van der Waals surface area (Å²) in [6, 6.07) is 19.8. The van der Waals surface area contributed by atoms with Crippen molar-refractivity contribution < 1.29 is 0 Å². The van der Waals surface area contributed by atoms with Crippen LogP contribution in [-0.2, 0) is 0 Å². The van der Waals surface area contributed by atoms with Gasteiger partial charge in [0.1, 0.15) is 0 Å². The first-order valence-corrected chi connectivity index (χ1v) is 6.14. The molecule has 2 rings (SSSR count). The summed E-state index contributed by atoms with van der Waals surface area (Å²) in [5, 5.41) is 0. The highest BCUT2D eigenvalue weighted by Crippen LogP contribution is 2.00. The summed E-state index contributed by atoms with van der Waals surface area (Å²) < 4.78 is 0. The Labute approximate surface area is 114 Å². The van der Waals surface area contributed by atoms with Gasteiger partial charge in [0.05, 0.1) is 5.92 Å². The van der Waals surface area contributed by atoms with Crippen LogP contribution in [0.2, 0.25) is 0 Å². The zero-order valence-electron chi connectivity index (χ0n) is 10.6. The fraction of sp³-hybridized carbons (Fsp3) is 0.0526. The highest BCUT2D eigenvalue weighted by molar-refractivity contribution is 5.40. The summed E-state index contributed by atoms with van der Waals surface area (Å²) in [5.41, 5.74) is 1.99. The largest absolute Gasteiger partial charge is 0.101 e. The van der Waals surface area contributed by atoms with Crippen LogP contribution in [0.5, 0.6) is 0 Å². The fourth-order valence-electron chi connectivity index (χ4n) is 1.52. The van der Waals surface area contributed by atoms with E-state index < -0.39 is 0 Å². The van der Waals surface area contributed by atoms with Crippen LogP contribution in [0, 0.1) is 29.6 Å². The second-order valence-electron chi connectivity index (χ2n) is 3.98. The molecular weight excluding hydrogens is 228 g/mol. The van der Waals surface area contributed by atoms with Crippen LogP contribution in [0.25, 0.3) is 0 Å². The van der Waals surface area contributed by atoms with Crippen molar-refractivity contribution in [1.82, 2.24) is 0 Å². The van der Waals surface area contributed by atoms with Crippen LogP contribution in [0.1, 0.15) is 11.1 Å². The molecule has 0 saturated carbocycles. The minimum absolute atomic E-state index is 0.111. The summed E-state index contributed by atoms with van der Waals surface area (Å²) in [6.45, 7) is 3.78. The van der Waals surface area contributed by atoms with Gasteiger partial charge in [-0.25, -0.2) is 0 Å². The minimum Gasteiger partial charge on any atom is -0.101 e. The zero-order chi connectivity index (χ0) is 13.3. The molecule has 0 aromatic heterocycles. The maximum atomic E-state index is 3.78. The predicted molar refractivity (Wildman–Crippen MR) is 80.3 cm³/mol. The molecular formula is C19H14. The van der Waals surface area contributed by atoms with E-state index in [1.54, 1.807) is 6.08 Å². The first-order chi connectivity index (χ1) is 9.38. The van der Waals surface area contributed by atoms with Crippen molar-refractivity contribution >= 4 is 0 Å². The van der Waals surface area contributed by atoms with E-state index in [-0.39, 0.29) is 5.92 Å². The summed E-state index contributed by atoms with van der Waals surface area (Å²) in [6.07, 6.45) is 1.77. The third-order valence-corrected chi connectivity index (χ3v) is 2.53. The first kappa shape index (κ1) is 12.7. The van der Waals surface area contributed by atoms with Crippen molar-refractivity contribution in [1.29, 1.82) is 0 Å². The third-order valence-electron chi connectivity index (χ3n) is 2.53. The lowest BCUT2D eigenvalue weighted by molar-refractivity contribution is 1.18. The van der Waals surface area contributed by atoms with Gasteiger partial charge in [-0.2, -0.15) is 0 Å². The van der Waals surface area contributed by atoms with Gasteiger partial charge in [-0.1, -0.05) is 66.2 Å². The molecule has 0 aliphatic carbocycles. The Morgan fingerprint density at radius 2 is 1.16 bits per heavy atom. The highest BCUT2D eigenvalue weighted by atomic mass is 13.9. The Bertz CT molecular complexity index is 586. The lowest BCUT2D eigenvalue weighted by atomic mass is 10.1. The highest BCUT2D eigenvalue weighted by Gasteiger charge is 1.92. The Balaban J connectivity index is 2.13. The van der Waals surface area contributed by atoms with Crippen molar-refractivity contribution in [3.05, 3.63) is 84.4 Å². The Kier molecular flexibility index (Phi) is 4.63. The van der Waals surface area contributed by atoms with E-state index in [1.807, 2.05) is 60.7 Å². The summed E-state index contributed by atoms with van der Waals surface area (Å²) in [4.78, 5) is 0. The van der Waals surface area contributed by atoms with Crippen molar-refractivity contribution in [2.24, 2.45) is 5.92 Å². The van der Waals surface area contributed by atoms with Crippen molar-refractivity contribution in [2.45, 2.75) is 0 Å². The van der Waals surface area contributed by atoms with Crippen LogP contribution in [0.4, 0.5) is 0 Å². The molecule has 0 aliphatic heterocycles. The van der Waals surface area contributed by atoms with Crippen LogP contribution in [0.15, 0.2) is 73.3 Å². The van der Waals surface area contributed by atoms with Crippen molar-refractivity contribution in [2.75, 3.05) is 0 Å². The van der Waals surface area contributed by atoms with Gasteiger partial charge in [0.25, 0.3) is 0 Å². The molecule has 0 atom stereocenters. The molecule has 2 aromatic carbocycles. The molecule has 2 aromatic rings. The van der Waals surface area contributed by atoms with E-state index >= 15 is 0 Å². The van der Waals surface area contributed by atoms with Gasteiger partial charge in [-0.05, 0) is 24.3 Å². The average Bonchev–Trinajstić information content (AvgIpc) is 2.49. The molecule has 0 bridgehead atoms. The molecule has 90 valence electrons. The summed E-state index contributed by atoms with van der Waals surface area (Å²) in [5.74, 6) is 12.3. The number of allylic oxidation sites excluding steroid dienone is 1. The molecule has 0 amide bonds. The van der Waals surface area contributed by atoms with Crippen LogP contribution >= 0.6 is 0 Å². The first-order valence-electron chi connectivity index (χ1n) is 6.14. The average molecular weight is 242 g/mol. The molecule has 0 saturated heterocycles. The van der Waals surface area contributed by atoms with E-state index in [9.17, 15) is 0 Å². The molecule has 0 radical (unpaired) electrons. The van der Waals surface area contributed by atoms with Gasteiger partial charge >= 0.3 is 0 Å². The second-order valence-corrected chi connectivity index (χ2v) is 3.98. The maximum absolute atomic E-state index is 3.78. The van der Waals surface area contributed by atoms with E-state index in [4.69, 9.17) is 0 Å². The second kappa shape index (κ2) is 6.90. The summed E-state index contributed by atoms with van der Waals surface area (Å²) in [7, 11) is 0. The smallest absolute Gasteiger partial charge is 0.0996 e. The molecule has 0 nitrogen and oxygen atoms in total. The lowest BCUT2D eigenvalue weighted by Gasteiger charge is -1.93. The van der Waals surface area contributed by atoms with E-state index in [2.05, 4.69) is 30.3 Å². The van der Waals surface area contributed by atoms with Gasteiger partial charge in [0.15, 0.2) is 0 Å². The fourth-order valence-corrected chi connectivity index (χ4v) is 1.52. The van der Waals surface area contributed by atoms with Crippen LogP contribution < -0.4 is 0 Å². The van der Waals surface area contributed by atoms with Gasteiger partial charge in [0.2, 0.25) is 0 Å². The zero-order valence-corrected chi connectivity index (χ0v) is 10.6. The molecule has 0 heteroatoms. The van der Waals surface area contributed by atoms with Gasteiger partial charge in [-0.15, -0.1) is 6.58 Å². The Morgan fingerprint density at radius 1 is 0.737 bits per heavy atom. The van der Waals surface area contributed by atoms with Gasteiger partial charge in [-0.3, -0.25) is 0 Å². The summed E-state index contributed by atoms with van der Waals surface area (Å²) >= 11 is 0. The molecule has 0 unspecified atom stereocenters. The van der Waals surface area contributed by atoms with E-state index in [0.717, 1.165) is 11.1 Å². The molecule has 0 heterocycles. The minimum atomic E-state index is -0.111. The van der Waals surface area contributed by atoms with E-state index in [0.29, 0.717) is 0 Å². The van der Waals surface area contributed by atoms with Gasteiger partial charge in [0, 0.05) is 11.1 Å².